The Morgan fingerprint density at radius 2 is 2.26 bits per heavy atom. The minimum atomic E-state index is -0.0731. The van der Waals surface area contributed by atoms with E-state index < -0.39 is 0 Å². The van der Waals surface area contributed by atoms with Gasteiger partial charge in [0.25, 0.3) is 0 Å². The number of methoxy groups -OCH3 is 1. The van der Waals surface area contributed by atoms with Crippen molar-refractivity contribution in [1.82, 2.24) is 24.4 Å². The van der Waals surface area contributed by atoms with Crippen LogP contribution in [0.5, 0.6) is 5.75 Å². The Kier molecular flexibility index (Phi) is 5.99. The molecule has 0 saturated carbocycles. The SMILES string of the molecule is C=CC(=O)N1CC[C@H](n2cnc3c(N)nc(Nc4cccc(OCCOC)c4)nc32)C1. The summed E-state index contributed by atoms with van der Waals surface area (Å²) < 4.78 is 12.6. The Morgan fingerprint density at radius 1 is 1.39 bits per heavy atom. The van der Waals surface area contributed by atoms with Crippen LogP contribution in [0.25, 0.3) is 11.2 Å². The van der Waals surface area contributed by atoms with E-state index in [1.54, 1.807) is 18.3 Å². The van der Waals surface area contributed by atoms with Crippen LogP contribution < -0.4 is 15.8 Å². The summed E-state index contributed by atoms with van der Waals surface area (Å²) in [4.78, 5) is 27.1. The number of nitrogen functional groups attached to an aromatic ring is 1. The van der Waals surface area contributed by atoms with Gasteiger partial charge in [-0.05, 0) is 24.6 Å². The largest absolute Gasteiger partial charge is 0.491 e. The average Bonchev–Trinajstić information content (AvgIpc) is 3.41. The number of aromatic nitrogens is 4. The maximum atomic E-state index is 11.9. The third-order valence-corrected chi connectivity index (χ3v) is 5.14. The highest BCUT2D eigenvalue weighted by atomic mass is 16.5. The molecule has 1 atom stereocenters. The summed E-state index contributed by atoms with van der Waals surface area (Å²) in [6.45, 7) is 5.77. The Bertz CT molecular complexity index is 1100. The molecule has 10 heteroatoms. The zero-order valence-corrected chi connectivity index (χ0v) is 17.3. The van der Waals surface area contributed by atoms with Crippen LogP contribution in [0.3, 0.4) is 0 Å². The third kappa shape index (κ3) is 4.43. The molecule has 3 aromatic rings. The molecule has 3 heterocycles. The fourth-order valence-electron chi connectivity index (χ4n) is 3.60. The molecule has 0 aliphatic carbocycles. The summed E-state index contributed by atoms with van der Waals surface area (Å²) in [6, 6.07) is 7.55. The van der Waals surface area contributed by atoms with E-state index in [2.05, 4.69) is 26.8 Å². The standard InChI is InChI=1S/C21H25N7O3/c1-3-17(29)27-8-7-15(12-27)28-13-23-18-19(22)25-21(26-20(18)28)24-14-5-4-6-16(11-14)31-10-9-30-2/h3-6,11,13,15H,1,7-10,12H2,2H3,(H3,22,24,25,26)/t15-/m0/s1. The number of likely N-dealkylation sites (tertiary alicyclic amines) is 1. The quantitative estimate of drug-likeness (QED) is 0.418. The van der Waals surface area contributed by atoms with Crippen molar-refractivity contribution in [1.29, 1.82) is 0 Å². The first-order valence-corrected chi connectivity index (χ1v) is 9.99. The number of fused-ring (bicyclic) bond motifs is 1. The van der Waals surface area contributed by atoms with Crippen LogP contribution in [0.1, 0.15) is 12.5 Å². The van der Waals surface area contributed by atoms with E-state index in [0.717, 1.165) is 12.1 Å². The number of ether oxygens (including phenoxy) is 2. The molecule has 2 aromatic heterocycles. The molecule has 1 saturated heterocycles. The van der Waals surface area contributed by atoms with Crippen LogP contribution in [0.2, 0.25) is 0 Å². The Balaban J connectivity index is 1.56. The maximum absolute atomic E-state index is 11.9. The van der Waals surface area contributed by atoms with Gasteiger partial charge in [-0.15, -0.1) is 0 Å². The van der Waals surface area contributed by atoms with Crippen LogP contribution in [0.15, 0.2) is 43.2 Å². The van der Waals surface area contributed by atoms with Crippen LogP contribution in [-0.4, -0.2) is 63.7 Å². The molecule has 31 heavy (non-hydrogen) atoms. The average molecular weight is 423 g/mol. The lowest BCUT2D eigenvalue weighted by Gasteiger charge is -2.15. The Morgan fingerprint density at radius 3 is 3.06 bits per heavy atom. The second-order valence-electron chi connectivity index (χ2n) is 7.18. The van der Waals surface area contributed by atoms with E-state index in [1.165, 1.54) is 6.08 Å². The van der Waals surface area contributed by atoms with Gasteiger partial charge in [0.15, 0.2) is 11.5 Å². The van der Waals surface area contributed by atoms with E-state index in [1.807, 2.05) is 28.8 Å². The normalized spacial score (nSPS) is 15.9. The van der Waals surface area contributed by atoms with Crippen molar-refractivity contribution < 1.29 is 14.3 Å². The number of hydrogen-bond acceptors (Lipinski definition) is 8. The van der Waals surface area contributed by atoms with Gasteiger partial charge in [-0.3, -0.25) is 4.79 Å². The van der Waals surface area contributed by atoms with E-state index in [0.29, 0.717) is 49.2 Å². The Labute approximate surface area is 179 Å². The van der Waals surface area contributed by atoms with Crippen LogP contribution in [0, 0.1) is 0 Å². The number of benzene rings is 1. The molecule has 0 spiro atoms. The molecule has 1 fully saturated rings. The third-order valence-electron chi connectivity index (χ3n) is 5.14. The lowest BCUT2D eigenvalue weighted by Crippen LogP contribution is -2.27. The van der Waals surface area contributed by atoms with Crippen LogP contribution >= 0.6 is 0 Å². The fourth-order valence-corrected chi connectivity index (χ4v) is 3.60. The molecule has 1 aromatic carbocycles. The highest BCUT2D eigenvalue weighted by molar-refractivity contribution is 5.87. The van der Waals surface area contributed by atoms with Gasteiger partial charge < -0.3 is 30.0 Å². The molecule has 4 rings (SSSR count). The van der Waals surface area contributed by atoms with Crippen molar-refractivity contribution in [2.45, 2.75) is 12.5 Å². The smallest absolute Gasteiger partial charge is 0.246 e. The molecule has 0 unspecified atom stereocenters. The number of imidazole rings is 1. The number of carbonyl (C=O) groups is 1. The summed E-state index contributed by atoms with van der Waals surface area (Å²) in [5.74, 6) is 1.28. The molecule has 3 N–H and O–H groups in total. The Hall–Kier alpha value is -3.66. The molecule has 1 aliphatic rings. The molecule has 1 amide bonds. The van der Waals surface area contributed by atoms with Crippen molar-refractivity contribution in [2.24, 2.45) is 0 Å². The number of nitrogens with two attached hydrogens (primary N) is 1. The zero-order chi connectivity index (χ0) is 21.8. The monoisotopic (exact) mass is 423 g/mol. The molecule has 0 bridgehead atoms. The highest BCUT2D eigenvalue weighted by Gasteiger charge is 2.28. The van der Waals surface area contributed by atoms with E-state index in [4.69, 9.17) is 15.2 Å². The highest BCUT2D eigenvalue weighted by Crippen LogP contribution is 2.28. The van der Waals surface area contributed by atoms with Gasteiger partial charge in [0.05, 0.1) is 19.0 Å². The number of nitrogens with zero attached hydrogens (tertiary/aromatic N) is 5. The van der Waals surface area contributed by atoms with Crippen LogP contribution in [0.4, 0.5) is 17.5 Å². The van der Waals surface area contributed by atoms with Crippen molar-refractivity contribution in [3.63, 3.8) is 0 Å². The number of nitrogens with one attached hydrogen (secondary N) is 1. The molecular formula is C21H25N7O3. The minimum Gasteiger partial charge on any atom is -0.491 e. The number of anilines is 3. The van der Waals surface area contributed by atoms with E-state index >= 15 is 0 Å². The second kappa shape index (κ2) is 9.00. The van der Waals surface area contributed by atoms with Gasteiger partial charge in [-0.25, -0.2) is 4.98 Å². The number of carbonyl (C=O) groups excluding carboxylic acids is 1. The first-order valence-electron chi connectivity index (χ1n) is 9.99. The van der Waals surface area contributed by atoms with Gasteiger partial charge in [0.2, 0.25) is 11.9 Å². The molecule has 1 aliphatic heterocycles. The lowest BCUT2D eigenvalue weighted by atomic mass is 10.2. The molecule has 10 nitrogen and oxygen atoms in total. The van der Waals surface area contributed by atoms with Gasteiger partial charge >= 0.3 is 0 Å². The molecule has 162 valence electrons. The van der Waals surface area contributed by atoms with Gasteiger partial charge in [0, 0.05) is 32.0 Å². The number of rotatable bonds is 8. The maximum Gasteiger partial charge on any atom is 0.246 e. The lowest BCUT2D eigenvalue weighted by molar-refractivity contribution is -0.125. The second-order valence-corrected chi connectivity index (χ2v) is 7.18. The fraction of sp³-hybridized carbons (Fsp3) is 0.333. The summed E-state index contributed by atoms with van der Waals surface area (Å²) in [5, 5.41) is 3.18. The predicted molar refractivity (Wildman–Crippen MR) is 117 cm³/mol. The van der Waals surface area contributed by atoms with Gasteiger partial charge in [0.1, 0.15) is 17.9 Å². The molecular weight excluding hydrogens is 398 g/mol. The predicted octanol–water partition coefficient (Wildman–Crippen LogP) is 2.14. The summed E-state index contributed by atoms with van der Waals surface area (Å²) in [5.41, 5.74) is 8.08. The van der Waals surface area contributed by atoms with Crippen LogP contribution in [-0.2, 0) is 9.53 Å². The number of amides is 1. The zero-order valence-electron chi connectivity index (χ0n) is 17.3. The van der Waals surface area contributed by atoms with Gasteiger partial charge in [-0.1, -0.05) is 12.6 Å². The summed E-state index contributed by atoms with van der Waals surface area (Å²) in [6.07, 6.45) is 3.85. The summed E-state index contributed by atoms with van der Waals surface area (Å²) >= 11 is 0. The van der Waals surface area contributed by atoms with E-state index in [-0.39, 0.29) is 17.8 Å². The van der Waals surface area contributed by atoms with Crippen molar-refractivity contribution in [2.75, 3.05) is 44.5 Å². The summed E-state index contributed by atoms with van der Waals surface area (Å²) in [7, 11) is 1.63. The minimum absolute atomic E-state index is 0.0635. The van der Waals surface area contributed by atoms with Crippen molar-refractivity contribution in [3.8, 4) is 5.75 Å². The van der Waals surface area contributed by atoms with E-state index in [9.17, 15) is 4.79 Å². The first kappa shape index (κ1) is 20.6. The first-order chi connectivity index (χ1) is 15.1. The van der Waals surface area contributed by atoms with Crippen molar-refractivity contribution >= 4 is 34.5 Å². The molecule has 0 radical (unpaired) electrons. The topological polar surface area (TPSA) is 120 Å². The van der Waals surface area contributed by atoms with Gasteiger partial charge in [-0.2, -0.15) is 9.97 Å². The number of hydrogen-bond donors (Lipinski definition) is 2. The van der Waals surface area contributed by atoms with Crippen molar-refractivity contribution in [3.05, 3.63) is 43.2 Å².